The lowest BCUT2D eigenvalue weighted by Crippen LogP contribution is -2.31. The molecule has 3 rings (SSSR count). The van der Waals surface area contributed by atoms with Crippen molar-refractivity contribution in [1.29, 1.82) is 0 Å². The molecule has 2 aromatic rings. The topological polar surface area (TPSA) is 80.1 Å². The highest BCUT2D eigenvalue weighted by Gasteiger charge is 2.35. The van der Waals surface area contributed by atoms with E-state index in [4.69, 9.17) is 0 Å². The van der Waals surface area contributed by atoms with Crippen LogP contribution in [0.5, 0.6) is 0 Å². The van der Waals surface area contributed by atoms with Crippen molar-refractivity contribution in [3.63, 3.8) is 0 Å². The zero-order valence-corrected chi connectivity index (χ0v) is 14.1. The zero-order valence-electron chi connectivity index (χ0n) is 14.1. The minimum Gasteiger partial charge on any atom is -0.354 e. The smallest absolute Gasteiger partial charge is 0.234 e. The Morgan fingerprint density at radius 1 is 1.29 bits per heavy atom. The first-order valence-corrected chi connectivity index (χ1v) is 7.98. The van der Waals surface area contributed by atoms with E-state index in [0.29, 0.717) is 13.1 Å². The molecule has 0 saturated carbocycles. The van der Waals surface area contributed by atoms with Crippen LogP contribution in [0, 0.1) is 13.8 Å². The minimum absolute atomic E-state index is 0.0332. The summed E-state index contributed by atoms with van der Waals surface area (Å²) < 4.78 is 1.76. The van der Waals surface area contributed by atoms with Crippen LogP contribution < -0.4 is 10.2 Å². The molecule has 126 valence electrons. The summed E-state index contributed by atoms with van der Waals surface area (Å²) in [7, 11) is 1.74. The van der Waals surface area contributed by atoms with Crippen LogP contribution in [-0.2, 0) is 16.1 Å². The third-order valence-corrected chi connectivity index (χ3v) is 4.30. The summed E-state index contributed by atoms with van der Waals surface area (Å²) in [6.07, 6.45) is 0.162. The molecule has 24 heavy (non-hydrogen) atoms. The molecule has 1 aromatic heterocycles. The number of carbonyl (C=O) groups excluding carboxylic acids is 2. The average Bonchev–Trinajstić information content (AvgIpc) is 2.99. The highest BCUT2D eigenvalue weighted by atomic mass is 16.2. The maximum absolute atomic E-state index is 12.4. The molecule has 0 radical (unpaired) electrons. The fraction of sp³-hybridized carbons (Fsp3) is 0.412. The first-order chi connectivity index (χ1) is 11.5. The van der Waals surface area contributed by atoms with Crippen molar-refractivity contribution in [3.8, 4) is 0 Å². The molecule has 2 amide bonds. The van der Waals surface area contributed by atoms with Gasteiger partial charge in [-0.2, -0.15) is 5.10 Å². The van der Waals surface area contributed by atoms with Gasteiger partial charge >= 0.3 is 0 Å². The summed E-state index contributed by atoms with van der Waals surface area (Å²) in [5.74, 6) is 0.974. The van der Waals surface area contributed by atoms with Gasteiger partial charge in [0, 0.05) is 25.7 Å². The number of para-hydroxylation sites is 1. The lowest BCUT2D eigenvalue weighted by molar-refractivity contribution is -0.125. The van der Waals surface area contributed by atoms with Crippen molar-refractivity contribution < 1.29 is 9.59 Å². The van der Waals surface area contributed by atoms with E-state index in [1.807, 2.05) is 38.1 Å². The predicted octanol–water partition coefficient (Wildman–Crippen LogP) is 1.16. The molecule has 0 aliphatic carbocycles. The number of benzene rings is 1. The van der Waals surface area contributed by atoms with E-state index in [-0.39, 0.29) is 18.2 Å². The molecule has 0 spiro atoms. The molecule has 7 heteroatoms. The molecule has 0 bridgehead atoms. The van der Waals surface area contributed by atoms with Crippen molar-refractivity contribution in [2.45, 2.75) is 32.7 Å². The van der Waals surface area contributed by atoms with Crippen molar-refractivity contribution in [2.75, 3.05) is 18.5 Å². The summed E-state index contributed by atoms with van der Waals surface area (Å²) in [5, 5.41) is 7.12. The van der Waals surface area contributed by atoms with Crippen LogP contribution in [0.15, 0.2) is 24.3 Å². The Kier molecular flexibility index (Phi) is 4.33. The fourth-order valence-electron chi connectivity index (χ4n) is 3.10. The van der Waals surface area contributed by atoms with Crippen LogP contribution in [-0.4, -0.2) is 40.2 Å². The highest BCUT2D eigenvalue weighted by Crippen LogP contribution is 2.37. The van der Waals surface area contributed by atoms with Crippen LogP contribution in [0.2, 0.25) is 0 Å². The quantitative estimate of drug-likeness (QED) is 0.894. The number of rotatable bonds is 5. The number of nitrogens with one attached hydrogen (secondary N) is 1. The second kappa shape index (κ2) is 6.43. The summed E-state index contributed by atoms with van der Waals surface area (Å²) in [5.41, 5.74) is 1.80. The lowest BCUT2D eigenvalue weighted by Gasteiger charge is -2.11. The van der Waals surface area contributed by atoms with E-state index < -0.39 is 5.92 Å². The van der Waals surface area contributed by atoms with E-state index in [0.717, 1.165) is 22.9 Å². The van der Waals surface area contributed by atoms with Gasteiger partial charge in [0.05, 0.1) is 12.5 Å². The Labute approximate surface area is 140 Å². The molecule has 1 atom stereocenters. The van der Waals surface area contributed by atoms with Gasteiger partial charge in [-0.05, 0) is 25.5 Å². The van der Waals surface area contributed by atoms with E-state index in [1.54, 1.807) is 16.6 Å². The number of amides is 2. The molecule has 7 nitrogen and oxygen atoms in total. The first kappa shape index (κ1) is 16.2. The van der Waals surface area contributed by atoms with Crippen molar-refractivity contribution in [2.24, 2.45) is 0 Å². The molecule has 0 saturated heterocycles. The van der Waals surface area contributed by atoms with Crippen LogP contribution in [0.1, 0.15) is 29.6 Å². The number of hydrogen-bond acceptors (Lipinski definition) is 4. The van der Waals surface area contributed by atoms with Crippen LogP contribution >= 0.6 is 0 Å². The van der Waals surface area contributed by atoms with Gasteiger partial charge in [0.2, 0.25) is 11.8 Å². The van der Waals surface area contributed by atoms with Gasteiger partial charge in [0.15, 0.2) is 0 Å². The molecule has 2 heterocycles. The molecular formula is C17H21N5O2. The normalized spacial score (nSPS) is 16.4. The second-order valence-corrected chi connectivity index (χ2v) is 5.99. The van der Waals surface area contributed by atoms with E-state index >= 15 is 0 Å². The number of carbonyl (C=O) groups is 2. The molecular weight excluding hydrogens is 306 g/mol. The van der Waals surface area contributed by atoms with Gasteiger partial charge in [-0.15, -0.1) is 0 Å². The fourth-order valence-corrected chi connectivity index (χ4v) is 3.10. The highest BCUT2D eigenvalue weighted by molar-refractivity contribution is 6.06. The molecule has 1 N–H and O–H groups in total. The van der Waals surface area contributed by atoms with Crippen LogP contribution in [0.25, 0.3) is 0 Å². The third-order valence-electron chi connectivity index (χ3n) is 4.30. The van der Waals surface area contributed by atoms with E-state index in [2.05, 4.69) is 15.4 Å². The first-order valence-electron chi connectivity index (χ1n) is 7.98. The van der Waals surface area contributed by atoms with Crippen molar-refractivity contribution >= 4 is 17.5 Å². The molecule has 1 unspecified atom stereocenters. The number of likely N-dealkylation sites (N-methyl/N-ethyl adjacent to an activating group) is 1. The van der Waals surface area contributed by atoms with Gasteiger partial charge < -0.3 is 10.2 Å². The van der Waals surface area contributed by atoms with Crippen molar-refractivity contribution in [1.82, 2.24) is 20.1 Å². The van der Waals surface area contributed by atoms with Crippen LogP contribution in [0.4, 0.5) is 5.69 Å². The number of nitrogens with zero attached hydrogens (tertiary/aromatic N) is 4. The maximum Gasteiger partial charge on any atom is 0.234 e. The lowest BCUT2D eigenvalue weighted by atomic mass is 9.97. The predicted molar refractivity (Wildman–Crippen MR) is 89.7 cm³/mol. The Morgan fingerprint density at radius 2 is 2.04 bits per heavy atom. The van der Waals surface area contributed by atoms with Gasteiger partial charge in [0.1, 0.15) is 11.6 Å². The number of fused-ring (bicyclic) bond motifs is 1. The van der Waals surface area contributed by atoms with Gasteiger partial charge in [-0.3, -0.25) is 9.59 Å². The SMILES string of the molecule is Cc1nc(C)n(CCNC(=O)CC2C(=O)N(C)c3ccccc32)n1. The van der Waals surface area contributed by atoms with E-state index in [1.165, 1.54) is 0 Å². The number of anilines is 1. The summed E-state index contributed by atoms with van der Waals surface area (Å²) in [4.78, 5) is 30.4. The zero-order chi connectivity index (χ0) is 17.3. The Morgan fingerprint density at radius 3 is 2.75 bits per heavy atom. The molecule has 1 aliphatic heterocycles. The van der Waals surface area contributed by atoms with Gasteiger partial charge in [-0.1, -0.05) is 18.2 Å². The number of aromatic nitrogens is 3. The molecule has 1 aromatic carbocycles. The van der Waals surface area contributed by atoms with E-state index in [9.17, 15) is 9.59 Å². The maximum atomic E-state index is 12.4. The Bertz CT molecular complexity index is 783. The summed E-state index contributed by atoms with van der Waals surface area (Å²) in [6.45, 7) is 4.74. The van der Waals surface area contributed by atoms with Gasteiger partial charge in [-0.25, -0.2) is 9.67 Å². The summed E-state index contributed by atoms with van der Waals surface area (Å²) in [6, 6.07) is 7.61. The average molecular weight is 327 g/mol. The van der Waals surface area contributed by atoms with Crippen molar-refractivity contribution in [3.05, 3.63) is 41.5 Å². The molecule has 1 aliphatic rings. The standard InChI is InChI=1S/C17H21N5O2/c1-11-19-12(2)22(20-11)9-8-18-16(23)10-14-13-6-4-5-7-15(13)21(3)17(14)24/h4-7,14H,8-10H2,1-3H3,(H,18,23). The minimum atomic E-state index is -0.401. The Hall–Kier alpha value is -2.70. The Balaban J connectivity index is 1.57. The largest absolute Gasteiger partial charge is 0.354 e. The number of aryl methyl sites for hydroxylation is 2. The number of hydrogen-bond donors (Lipinski definition) is 1. The second-order valence-electron chi connectivity index (χ2n) is 5.99. The van der Waals surface area contributed by atoms with Crippen LogP contribution in [0.3, 0.4) is 0 Å². The molecule has 0 fully saturated rings. The van der Waals surface area contributed by atoms with Gasteiger partial charge in [0.25, 0.3) is 0 Å². The summed E-state index contributed by atoms with van der Waals surface area (Å²) >= 11 is 0. The third kappa shape index (κ3) is 3.02. The monoisotopic (exact) mass is 327 g/mol.